The molecular weight excluding hydrogens is 401 g/mol. The normalized spacial score (nSPS) is 20.0. The average molecular weight is 432 g/mol. The van der Waals surface area contributed by atoms with Crippen molar-refractivity contribution in [3.8, 4) is 0 Å². The quantitative estimate of drug-likeness (QED) is 0.607. The van der Waals surface area contributed by atoms with Crippen LogP contribution in [0.25, 0.3) is 10.8 Å². The molecule has 32 heavy (non-hydrogen) atoms. The van der Waals surface area contributed by atoms with Gasteiger partial charge >= 0.3 is 0 Å². The number of fused-ring (bicyclic) bond motifs is 1. The van der Waals surface area contributed by atoms with Crippen molar-refractivity contribution in [1.82, 2.24) is 9.80 Å². The van der Waals surface area contributed by atoms with Crippen molar-refractivity contribution in [2.45, 2.75) is 19.4 Å². The van der Waals surface area contributed by atoms with Gasteiger partial charge in [-0.2, -0.15) is 0 Å². The zero-order valence-corrected chi connectivity index (χ0v) is 18.4. The summed E-state index contributed by atoms with van der Waals surface area (Å²) in [6.45, 7) is 5.41. The molecule has 0 N–H and O–H groups in total. The third-order valence-electron chi connectivity index (χ3n) is 6.91. The standard InChI is InChI=1S/C27H30FN3O/c28-25-12-3-4-13-26(25)30-15-17-31(18-16-30)27(32)23-10-6-14-29(20-23)19-22-9-5-8-21-7-1-2-11-24(21)22/h1-5,7-9,11-13,23H,6,10,14-20H2. The third-order valence-corrected chi connectivity index (χ3v) is 6.91. The Morgan fingerprint density at radius 1 is 0.875 bits per heavy atom. The number of amides is 1. The van der Waals surface area contributed by atoms with Gasteiger partial charge in [0.15, 0.2) is 0 Å². The molecule has 2 saturated heterocycles. The molecule has 5 rings (SSSR count). The number of hydrogen-bond donors (Lipinski definition) is 0. The first-order valence-corrected chi connectivity index (χ1v) is 11.7. The molecule has 0 spiro atoms. The lowest BCUT2D eigenvalue weighted by Crippen LogP contribution is -2.52. The van der Waals surface area contributed by atoms with Gasteiger partial charge in [-0.25, -0.2) is 4.39 Å². The fraction of sp³-hybridized carbons (Fsp3) is 0.370. The minimum absolute atomic E-state index is 0.0544. The van der Waals surface area contributed by atoms with E-state index in [1.807, 2.05) is 21.9 Å². The lowest BCUT2D eigenvalue weighted by Gasteiger charge is -2.39. The van der Waals surface area contributed by atoms with E-state index in [1.165, 1.54) is 22.4 Å². The molecule has 1 unspecified atom stereocenters. The predicted octanol–water partition coefficient (Wildman–Crippen LogP) is 4.54. The second-order valence-electron chi connectivity index (χ2n) is 8.98. The molecule has 2 heterocycles. The first-order chi connectivity index (χ1) is 15.7. The fourth-order valence-electron chi connectivity index (χ4n) is 5.21. The molecule has 0 radical (unpaired) electrons. The molecule has 0 aromatic heterocycles. The van der Waals surface area contributed by atoms with Crippen molar-refractivity contribution < 1.29 is 9.18 Å². The Morgan fingerprint density at radius 2 is 1.62 bits per heavy atom. The Morgan fingerprint density at radius 3 is 2.47 bits per heavy atom. The Hall–Kier alpha value is -2.92. The summed E-state index contributed by atoms with van der Waals surface area (Å²) in [5, 5.41) is 2.56. The molecule has 3 aromatic carbocycles. The van der Waals surface area contributed by atoms with E-state index in [0.29, 0.717) is 31.9 Å². The summed E-state index contributed by atoms with van der Waals surface area (Å²) >= 11 is 0. The fourth-order valence-corrected chi connectivity index (χ4v) is 5.21. The summed E-state index contributed by atoms with van der Waals surface area (Å²) in [6, 6.07) is 21.9. The Labute approximate surface area is 189 Å². The molecule has 0 saturated carbocycles. The van der Waals surface area contributed by atoms with Crippen molar-refractivity contribution in [3.63, 3.8) is 0 Å². The van der Waals surface area contributed by atoms with Gasteiger partial charge in [-0.05, 0) is 47.9 Å². The van der Waals surface area contributed by atoms with Gasteiger partial charge in [-0.1, -0.05) is 54.6 Å². The van der Waals surface area contributed by atoms with Gasteiger partial charge in [-0.3, -0.25) is 9.69 Å². The number of piperazine rings is 1. The third kappa shape index (κ3) is 4.35. The van der Waals surface area contributed by atoms with Gasteiger partial charge in [-0.15, -0.1) is 0 Å². The van der Waals surface area contributed by atoms with Crippen LogP contribution >= 0.6 is 0 Å². The van der Waals surface area contributed by atoms with Crippen LogP contribution in [0.1, 0.15) is 18.4 Å². The zero-order chi connectivity index (χ0) is 21.9. The lowest BCUT2D eigenvalue weighted by molar-refractivity contribution is -0.137. The van der Waals surface area contributed by atoms with E-state index in [0.717, 1.165) is 32.5 Å². The molecule has 3 aromatic rings. The van der Waals surface area contributed by atoms with Gasteiger partial charge in [0.25, 0.3) is 0 Å². The predicted molar refractivity (Wildman–Crippen MR) is 127 cm³/mol. The number of halogens is 1. The van der Waals surface area contributed by atoms with Gasteiger partial charge in [0.05, 0.1) is 11.6 Å². The van der Waals surface area contributed by atoms with E-state index in [4.69, 9.17) is 0 Å². The molecule has 0 bridgehead atoms. The van der Waals surface area contributed by atoms with E-state index >= 15 is 0 Å². The Kier molecular flexibility index (Phi) is 6.08. The Bertz CT molecular complexity index is 1090. The van der Waals surface area contributed by atoms with E-state index in [9.17, 15) is 9.18 Å². The zero-order valence-electron chi connectivity index (χ0n) is 18.4. The molecule has 4 nitrogen and oxygen atoms in total. The highest BCUT2D eigenvalue weighted by molar-refractivity contribution is 5.85. The molecule has 2 aliphatic rings. The minimum Gasteiger partial charge on any atom is -0.366 e. The molecule has 2 fully saturated rings. The largest absolute Gasteiger partial charge is 0.366 e. The SMILES string of the molecule is O=C(C1CCCN(Cc2cccc3ccccc23)C1)N1CCN(c2ccccc2F)CC1. The molecule has 166 valence electrons. The van der Waals surface area contributed by atoms with Crippen molar-refractivity contribution >= 4 is 22.4 Å². The number of carbonyl (C=O) groups excluding carboxylic acids is 1. The van der Waals surface area contributed by atoms with Crippen molar-refractivity contribution in [3.05, 3.63) is 78.1 Å². The van der Waals surface area contributed by atoms with Crippen molar-refractivity contribution in [1.29, 1.82) is 0 Å². The monoisotopic (exact) mass is 431 g/mol. The van der Waals surface area contributed by atoms with Gasteiger partial charge < -0.3 is 9.80 Å². The van der Waals surface area contributed by atoms with E-state index < -0.39 is 0 Å². The molecule has 5 heteroatoms. The van der Waals surface area contributed by atoms with Gasteiger partial charge in [0.1, 0.15) is 5.82 Å². The number of benzene rings is 3. The summed E-state index contributed by atoms with van der Waals surface area (Å²) in [5.41, 5.74) is 1.97. The highest BCUT2D eigenvalue weighted by Crippen LogP contribution is 2.26. The second kappa shape index (κ2) is 9.29. The number of likely N-dealkylation sites (tertiary alicyclic amines) is 1. The van der Waals surface area contributed by atoms with Crippen LogP contribution in [0.2, 0.25) is 0 Å². The number of rotatable bonds is 4. The van der Waals surface area contributed by atoms with E-state index in [-0.39, 0.29) is 17.6 Å². The maximum Gasteiger partial charge on any atom is 0.227 e. The first-order valence-electron chi connectivity index (χ1n) is 11.7. The van der Waals surface area contributed by atoms with Crippen LogP contribution < -0.4 is 4.90 Å². The molecule has 0 aliphatic carbocycles. The van der Waals surface area contributed by atoms with Gasteiger partial charge in [0.2, 0.25) is 5.91 Å². The highest BCUT2D eigenvalue weighted by Gasteiger charge is 2.31. The second-order valence-corrected chi connectivity index (χ2v) is 8.98. The van der Waals surface area contributed by atoms with Crippen LogP contribution in [-0.4, -0.2) is 55.0 Å². The van der Waals surface area contributed by atoms with Crippen LogP contribution in [0.15, 0.2) is 66.7 Å². The average Bonchev–Trinajstić information content (AvgIpc) is 2.84. The summed E-state index contributed by atoms with van der Waals surface area (Å²) in [5.74, 6) is 0.128. The molecular formula is C27H30FN3O. The lowest BCUT2D eigenvalue weighted by atomic mass is 9.95. The first kappa shape index (κ1) is 21.0. The molecule has 1 atom stereocenters. The number of para-hydroxylation sites is 1. The van der Waals surface area contributed by atoms with E-state index in [1.54, 1.807) is 6.07 Å². The number of nitrogens with zero attached hydrogens (tertiary/aromatic N) is 3. The summed E-state index contributed by atoms with van der Waals surface area (Å²) in [6.07, 6.45) is 2.01. The number of hydrogen-bond acceptors (Lipinski definition) is 3. The summed E-state index contributed by atoms with van der Waals surface area (Å²) in [7, 11) is 0. The van der Waals surface area contributed by atoms with Crippen LogP contribution in [0.3, 0.4) is 0 Å². The molecule has 1 amide bonds. The van der Waals surface area contributed by atoms with Gasteiger partial charge in [0, 0.05) is 39.3 Å². The smallest absolute Gasteiger partial charge is 0.227 e. The van der Waals surface area contributed by atoms with Crippen molar-refractivity contribution in [2.24, 2.45) is 5.92 Å². The van der Waals surface area contributed by atoms with E-state index in [2.05, 4.69) is 47.4 Å². The number of anilines is 1. The summed E-state index contributed by atoms with van der Waals surface area (Å²) in [4.78, 5) is 19.8. The molecule has 2 aliphatic heterocycles. The number of carbonyl (C=O) groups is 1. The topological polar surface area (TPSA) is 26.8 Å². The Balaban J connectivity index is 1.20. The summed E-state index contributed by atoms with van der Waals surface area (Å²) < 4.78 is 14.1. The van der Waals surface area contributed by atoms with Crippen LogP contribution in [0.4, 0.5) is 10.1 Å². The highest BCUT2D eigenvalue weighted by atomic mass is 19.1. The maximum absolute atomic E-state index is 14.1. The van der Waals surface area contributed by atoms with Crippen molar-refractivity contribution in [2.75, 3.05) is 44.2 Å². The number of piperidine rings is 1. The maximum atomic E-state index is 14.1. The minimum atomic E-state index is -0.191. The van der Waals surface area contributed by atoms with Crippen LogP contribution in [-0.2, 0) is 11.3 Å². The van der Waals surface area contributed by atoms with Crippen LogP contribution in [0.5, 0.6) is 0 Å². The van der Waals surface area contributed by atoms with Crippen LogP contribution in [0, 0.1) is 11.7 Å².